The van der Waals surface area contributed by atoms with E-state index in [2.05, 4.69) is 4.72 Å². The molecule has 0 spiro atoms. The zero-order chi connectivity index (χ0) is 13.9. The molecule has 0 unspecified atom stereocenters. The zero-order valence-corrected chi connectivity index (χ0v) is 11.7. The fourth-order valence-electron chi connectivity index (χ4n) is 1.26. The van der Waals surface area contributed by atoms with Gasteiger partial charge in [-0.25, -0.2) is 17.5 Å². The summed E-state index contributed by atoms with van der Waals surface area (Å²) in [5.74, 6) is -0.522. The molecule has 0 fully saturated rings. The summed E-state index contributed by atoms with van der Waals surface area (Å²) in [5, 5.41) is 0. The van der Waals surface area contributed by atoms with Crippen molar-refractivity contribution in [2.45, 2.75) is 31.7 Å². The number of benzene rings is 1. The van der Waals surface area contributed by atoms with E-state index in [0.29, 0.717) is 0 Å². The number of ether oxygens (including phenoxy) is 1. The quantitative estimate of drug-likeness (QED) is 0.896. The molecule has 0 saturated heterocycles. The number of rotatable bonds is 5. The van der Waals surface area contributed by atoms with E-state index < -0.39 is 15.8 Å². The molecule has 1 aromatic carbocycles. The fourth-order valence-corrected chi connectivity index (χ4v) is 2.67. The van der Waals surface area contributed by atoms with Gasteiger partial charge in [-0.15, -0.1) is 0 Å². The van der Waals surface area contributed by atoms with Crippen molar-refractivity contribution in [2.75, 3.05) is 7.11 Å². The van der Waals surface area contributed by atoms with Crippen LogP contribution in [0, 0.1) is 11.7 Å². The van der Waals surface area contributed by atoms with Crippen molar-refractivity contribution in [3.05, 3.63) is 24.0 Å². The second-order valence-corrected chi connectivity index (χ2v) is 6.16. The maximum atomic E-state index is 13.5. The van der Waals surface area contributed by atoms with E-state index in [4.69, 9.17) is 4.74 Å². The molecule has 0 aliphatic heterocycles. The Kier molecular flexibility index (Phi) is 4.70. The van der Waals surface area contributed by atoms with E-state index in [1.54, 1.807) is 6.92 Å². The topological polar surface area (TPSA) is 55.4 Å². The fraction of sp³-hybridized carbons (Fsp3) is 0.500. The Morgan fingerprint density at radius 2 is 1.89 bits per heavy atom. The maximum absolute atomic E-state index is 13.5. The summed E-state index contributed by atoms with van der Waals surface area (Å²) in [7, 11) is -2.37. The van der Waals surface area contributed by atoms with E-state index in [0.717, 1.165) is 6.07 Å². The summed E-state index contributed by atoms with van der Waals surface area (Å²) < 4.78 is 44.7. The molecule has 18 heavy (non-hydrogen) atoms. The lowest BCUT2D eigenvalue weighted by Crippen LogP contribution is -2.36. The summed E-state index contributed by atoms with van der Waals surface area (Å²) in [5.41, 5.74) is 0. The van der Waals surface area contributed by atoms with Crippen molar-refractivity contribution in [2.24, 2.45) is 5.92 Å². The van der Waals surface area contributed by atoms with Gasteiger partial charge in [0.05, 0.1) is 12.0 Å². The monoisotopic (exact) mass is 275 g/mol. The van der Waals surface area contributed by atoms with Crippen LogP contribution in [0.2, 0.25) is 0 Å². The van der Waals surface area contributed by atoms with Gasteiger partial charge < -0.3 is 4.74 Å². The van der Waals surface area contributed by atoms with Crippen molar-refractivity contribution in [1.29, 1.82) is 0 Å². The highest BCUT2D eigenvalue weighted by molar-refractivity contribution is 7.89. The minimum absolute atomic E-state index is 0.0193. The van der Waals surface area contributed by atoms with Gasteiger partial charge >= 0.3 is 0 Å². The van der Waals surface area contributed by atoms with Crippen molar-refractivity contribution in [3.8, 4) is 5.75 Å². The van der Waals surface area contributed by atoms with E-state index in [-0.39, 0.29) is 22.6 Å². The summed E-state index contributed by atoms with van der Waals surface area (Å²) in [4.78, 5) is -0.103. The molecule has 102 valence electrons. The number of halogens is 1. The summed E-state index contributed by atoms with van der Waals surface area (Å²) >= 11 is 0. The predicted octanol–water partition coefficient (Wildman–Crippen LogP) is 2.16. The molecule has 1 atom stereocenters. The van der Waals surface area contributed by atoms with E-state index in [1.165, 1.54) is 19.2 Å². The maximum Gasteiger partial charge on any atom is 0.240 e. The Morgan fingerprint density at radius 3 is 2.33 bits per heavy atom. The van der Waals surface area contributed by atoms with Gasteiger partial charge in [-0.3, -0.25) is 0 Å². The van der Waals surface area contributed by atoms with Gasteiger partial charge in [-0.1, -0.05) is 13.8 Å². The standard InChI is InChI=1S/C12H18FNO3S/c1-8(2)9(3)14-18(15,16)10-5-6-12(17-4)11(13)7-10/h5-9,14H,1-4H3/t9-/m0/s1. The summed E-state index contributed by atoms with van der Waals surface area (Å²) in [6.07, 6.45) is 0. The zero-order valence-electron chi connectivity index (χ0n) is 10.9. The molecule has 1 N–H and O–H groups in total. The molecule has 0 aliphatic rings. The van der Waals surface area contributed by atoms with Crippen molar-refractivity contribution >= 4 is 10.0 Å². The lowest BCUT2D eigenvalue weighted by Gasteiger charge is -2.17. The Labute approximate surface area is 107 Å². The van der Waals surface area contributed by atoms with E-state index in [9.17, 15) is 12.8 Å². The molecule has 0 bridgehead atoms. The predicted molar refractivity (Wildman–Crippen MR) is 67.6 cm³/mol. The molecule has 0 amide bonds. The summed E-state index contributed by atoms with van der Waals surface area (Å²) in [6.45, 7) is 5.58. The molecule has 0 saturated carbocycles. The van der Waals surface area contributed by atoms with E-state index in [1.807, 2.05) is 13.8 Å². The number of hydrogen-bond acceptors (Lipinski definition) is 3. The molecule has 1 rings (SSSR count). The normalized spacial score (nSPS) is 13.7. The number of nitrogens with one attached hydrogen (secondary N) is 1. The average molecular weight is 275 g/mol. The smallest absolute Gasteiger partial charge is 0.240 e. The molecule has 1 aromatic rings. The van der Waals surface area contributed by atoms with Gasteiger partial charge in [0, 0.05) is 6.04 Å². The third-order valence-electron chi connectivity index (χ3n) is 2.77. The van der Waals surface area contributed by atoms with Crippen LogP contribution in [0.5, 0.6) is 5.75 Å². The van der Waals surface area contributed by atoms with Crippen molar-refractivity contribution < 1.29 is 17.5 Å². The second-order valence-electron chi connectivity index (χ2n) is 4.45. The van der Waals surface area contributed by atoms with Crippen LogP contribution >= 0.6 is 0 Å². The van der Waals surface area contributed by atoms with Crippen LogP contribution in [0.4, 0.5) is 4.39 Å². The first-order chi connectivity index (χ1) is 8.27. The highest BCUT2D eigenvalue weighted by Gasteiger charge is 2.20. The molecule has 0 heterocycles. The van der Waals surface area contributed by atoms with Crippen LogP contribution in [-0.4, -0.2) is 21.6 Å². The second kappa shape index (κ2) is 5.67. The highest BCUT2D eigenvalue weighted by Crippen LogP contribution is 2.21. The first kappa shape index (κ1) is 14.9. The van der Waals surface area contributed by atoms with Crippen LogP contribution < -0.4 is 9.46 Å². The molecular formula is C12H18FNO3S. The Hall–Kier alpha value is -1.14. The number of sulfonamides is 1. The van der Waals surface area contributed by atoms with Crippen LogP contribution in [-0.2, 0) is 10.0 Å². The van der Waals surface area contributed by atoms with Crippen LogP contribution in [0.15, 0.2) is 23.1 Å². The van der Waals surface area contributed by atoms with Gasteiger partial charge in [-0.05, 0) is 31.0 Å². The van der Waals surface area contributed by atoms with Crippen molar-refractivity contribution in [3.63, 3.8) is 0 Å². The van der Waals surface area contributed by atoms with Crippen LogP contribution in [0.25, 0.3) is 0 Å². The third-order valence-corrected chi connectivity index (χ3v) is 4.33. The lowest BCUT2D eigenvalue weighted by molar-refractivity contribution is 0.385. The minimum Gasteiger partial charge on any atom is -0.494 e. The summed E-state index contributed by atoms with van der Waals surface area (Å²) in [6, 6.07) is 3.34. The molecule has 0 radical (unpaired) electrons. The molecule has 4 nitrogen and oxygen atoms in total. The average Bonchev–Trinajstić information content (AvgIpc) is 2.28. The molecule has 6 heteroatoms. The Bertz CT molecular complexity index is 514. The van der Waals surface area contributed by atoms with Crippen LogP contribution in [0.1, 0.15) is 20.8 Å². The molecule has 0 aliphatic carbocycles. The Balaban J connectivity index is 3.02. The largest absolute Gasteiger partial charge is 0.494 e. The van der Waals surface area contributed by atoms with Gasteiger partial charge in [-0.2, -0.15) is 0 Å². The number of hydrogen-bond donors (Lipinski definition) is 1. The molecule has 0 aromatic heterocycles. The SMILES string of the molecule is COc1ccc(S(=O)(=O)N[C@@H](C)C(C)C)cc1F. The van der Waals surface area contributed by atoms with Gasteiger partial charge in [0.2, 0.25) is 10.0 Å². The third kappa shape index (κ3) is 3.43. The Morgan fingerprint density at radius 1 is 1.28 bits per heavy atom. The van der Waals surface area contributed by atoms with E-state index >= 15 is 0 Å². The van der Waals surface area contributed by atoms with Crippen LogP contribution in [0.3, 0.4) is 0 Å². The molecular weight excluding hydrogens is 257 g/mol. The lowest BCUT2D eigenvalue weighted by atomic mass is 10.1. The minimum atomic E-state index is -3.70. The van der Waals surface area contributed by atoms with Gasteiger partial charge in [0.25, 0.3) is 0 Å². The van der Waals surface area contributed by atoms with Gasteiger partial charge in [0.1, 0.15) is 0 Å². The first-order valence-electron chi connectivity index (χ1n) is 5.64. The number of methoxy groups -OCH3 is 1. The van der Waals surface area contributed by atoms with Crippen molar-refractivity contribution in [1.82, 2.24) is 4.72 Å². The highest BCUT2D eigenvalue weighted by atomic mass is 32.2. The first-order valence-corrected chi connectivity index (χ1v) is 7.12. The van der Waals surface area contributed by atoms with Gasteiger partial charge in [0.15, 0.2) is 11.6 Å².